The molecule has 1 heterocycles. The van der Waals surface area contributed by atoms with E-state index in [9.17, 15) is 4.79 Å². The average Bonchev–Trinajstić information content (AvgIpc) is 2.15. The number of pyridine rings is 1. The minimum atomic E-state index is -0.477. The molecule has 1 rings (SSSR count). The first-order chi connectivity index (χ1) is 7.78. The lowest BCUT2D eigenvalue weighted by Crippen LogP contribution is -2.34. The van der Waals surface area contributed by atoms with E-state index in [2.05, 4.69) is 10.3 Å². The zero-order valence-electron chi connectivity index (χ0n) is 11.1. The molecule has 0 fully saturated rings. The molecule has 0 radical (unpaired) electrons. The summed E-state index contributed by atoms with van der Waals surface area (Å²) in [5, 5.41) is 2.77. The lowest BCUT2D eigenvalue weighted by atomic mass is 10.1. The second-order valence-corrected chi connectivity index (χ2v) is 5.10. The highest BCUT2D eigenvalue weighted by Crippen LogP contribution is 2.13. The van der Waals surface area contributed by atoms with Gasteiger partial charge in [0.05, 0.1) is 6.04 Å². The fourth-order valence-electron chi connectivity index (χ4n) is 1.30. The van der Waals surface area contributed by atoms with Gasteiger partial charge in [-0.15, -0.1) is 0 Å². The van der Waals surface area contributed by atoms with E-state index in [1.165, 1.54) is 0 Å². The molecule has 1 N–H and O–H groups in total. The monoisotopic (exact) mass is 236 g/mol. The lowest BCUT2D eigenvalue weighted by Gasteiger charge is -2.22. The van der Waals surface area contributed by atoms with Gasteiger partial charge in [0.25, 0.3) is 0 Å². The van der Waals surface area contributed by atoms with Gasteiger partial charge in [0, 0.05) is 11.9 Å². The van der Waals surface area contributed by atoms with Gasteiger partial charge in [-0.05, 0) is 46.2 Å². The van der Waals surface area contributed by atoms with Crippen molar-refractivity contribution < 1.29 is 9.53 Å². The van der Waals surface area contributed by atoms with Crippen molar-refractivity contribution in [1.29, 1.82) is 0 Å². The number of aromatic nitrogens is 1. The standard InChI is InChI=1S/C13H20N2O2/c1-9-6-7-11(8-14-9)10(2)15-12(16)17-13(3,4)5/h6-8,10H,1-5H3,(H,15,16)/t10-/m1/s1. The number of nitrogens with zero attached hydrogens (tertiary/aromatic N) is 1. The molecule has 0 aliphatic carbocycles. The maximum Gasteiger partial charge on any atom is 0.408 e. The summed E-state index contributed by atoms with van der Waals surface area (Å²) in [6, 6.07) is 3.76. The number of hydrogen-bond donors (Lipinski definition) is 1. The molecular formula is C13H20N2O2. The molecule has 0 aliphatic heterocycles. The molecule has 0 aliphatic rings. The van der Waals surface area contributed by atoms with Crippen LogP contribution in [0.15, 0.2) is 18.3 Å². The van der Waals surface area contributed by atoms with E-state index >= 15 is 0 Å². The number of rotatable bonds is 2. The van der Waals surface area contributed by atoms with Gasteiger partial charge in [-0.2, -0.15) is 0 Å². The third-order valence-electron chi connectivity index (χ3n) is 2.17. The SMILES string of the molecule is Cc1ccc([C@@H](C)NC(=O)OC(C)(C)C)cn1. The van der Waals surface area contributed by atoms with Crippen LogP contribution in [-0.4, -0.2) is 16.7 Å². The Kier molecular flexibility index (Phi) is 4.10. The number of hydrogen-bond acceptors (Lipinski definition) is 3. The first-order valence-corrected chi connectivity index (χ1v) is 5.70. The van der Waals surface area contributed by atoms with Crippen LogP contribution in [0.2, 0.25) is 0 Å². The van der Waals surface area contributed by atoms with Crippen LogP contribution in [-0.2, 0) is 4.74 Å². The Bertz CT molecular complexity index is 379. The van der Waals surface area contributed by atoms with Crippen LogP contribution >= 0.6 is 0 Å². The molecule has 0 saturated heterocycles. The fourth-order valence-corrected chi connectivity index (χ4v) is 1.30. The smallest absolute Gasteiger partial charge is 0.408 e. The van der Waals surface area contributed by atoms with Crippen LogP contribution in [0.25, 0.3) is 0 Å². The van der Waals surface area contributed by atoms with Crippen molar-refractivity contribution in [2.75, 3.05) is 0 Å². The van der Waals surface area contributed by atoms with Gasteiger partial charge in [0.1, 0.15) is 5.60 Å². The topological polar surface area (TPSA) is 51.2 Å². The van der Waals surface area contributed by atoms with Crippen molar-refractivity contribution in [2.45, 2.75) is 46.3 Å². The number of aryl methyl sites for hydroxylation is 1. The summed E-state index contributed by atoms with van der Waals surface area (Å²) in [4.78, 5) is 15.7. The van der Waals surface area contributed by atoms with Crippen molar-refractivity contribution in [3.05, 3.63) is 29.6 Å². The Morgan fingerprint density at radius 3 is 2.53 bits per heavy atom. The van der Waals surface area contributed by atoms with E-state index in [1.54, 1.807) is 6.20 Å². The van der Waals surface area contributed by atoms with Gasteiger partial charge in [0.15, 0.2) is 0 Å². The number of amides is 1. The van der Waals surface area contributed by atoms with Gasteiger partial charge in [-0.3, -0.25) is 4.98 Å². The fraction of sp³-hybridized carbons (Fsp3) is 0.538. The predicted octanol–water partition coefficient (Wildman–Crippen LogP) is 2.98. The van der Waals surface area contributed by atoms with Crippen molar-refractivity contribution in [2.24, 2.45) is 0 Å². The quantitative estimate of drug-likeness (QED) is 0.858. The van der Waals surface area contributed by atoms with Crippen molar-refractivity contribution in [3.63, 3.8) is 0 Å². The summed E-state index contributed by atoms with van der Waals surface area (Å²) >= 11 is 0. The molecule has 0 unspecified atom stereocenters. The summed E-state index contributed by atoms with van der Waals surface area (Å²) in [5.74, 6) is 0. The minimum absolute atomic E-state index is 0.113. The second kappa shape index (κ2) is 5.17. The summed E-state index contributed by atoms with van der Waals surface area (Å²) in [7, 11) is 0. The average molecular weight is 236 g/mol. The highest BCUT2D eigenvalue weighted by molar-refractivity contribution is 5.68. The molecule has 17 heavy (non-hydrogen) atoms. The highest BCUT2D eigenvalue weighted by Gasteiger charge is 2.18. The van der Waals surface area contributed by atoms with Gasteiger partial charge >= 0.3 is 6.09 Å². The van der Waals surface area contributed by atoms with E-state index in [-0.39, 0.29) is 6.04 Å². The van der Waals surface area contributed by atoms with Crippen LogP contribution < -0.4 is 5.32 Å². The Hall–Kier alpha value is -1.58. The second-order valence-electron chi connectivity index (χ2n) is 5.10. The van der Waals surface area contributed by atoms with Crippen LogP contribution in [0.3, 0.4) is 0 Å². The molecule has 0 spiro atoms. The first-order valence-electron chi connectivity index (χ1n) is 5.70. The molecule has 4 nitrogen and oxygen atoms in total. The Morgan fingerprint density at radius 1 is 1.41 bits per heavy atom. The third-order valence-corrected chi connectivity index (χ3v) is 2.17. The molecule has 0 aromatic carbocycles. The molecule has 1 aromatic rings. The van der Waals surface area contributed by atoms with E-state index in [0.29, 0.717) is 0 Å². The Labute approximate surface area is 102 Å². The highest BCUT2D eigenvalue weighted by atomic mass is 16.6. The number of carbonyl (C=O) groups is 1. The summed E-state index contributed by atoms with van der Waals surface area (Å²) in [6.07, 6.45) is 1.35. The van der Waals surface area contributed by atoms with E-state index in [4.69, 9.17) is 4.74 Å². The minimum Gasteiger partial charge on any atom is -0.444 e. The molecule has 94 valence electrons. The van der Waals surface area contributed by atoms with E-state index < -0.39 is 11.7 Å². The van der Waals surface area contributed by atoms with Gasteiger partial charge in [0.2, 0.25) is 0 Å². The molecule has 0 saturated carbocycles. The summed E-state index contributed by atoms with van der Waals surface area (Å²) in [5.41, 5.74) is 1.44. The van der Waals surface area contributed by atoms with Gasteiger partial charge in [-0.25, -0.2) is 4.79 Å². The summed E-state index contributed by atoms with van der Waals surface area (Å²) < 4.78 is 5.18. The molecular weight excluding hydrogens is 216 g/mol. The van der Waals surface area contributed by atoms with Crippen LogP contribution in [0.5, 0.6) is 0 Å². The maximum atomic E-state index is 11.6. The summed E-state index contributed by atoms with van der Waals surface area (Å²) in [6.45, 7) is 9.34. The van der Waals surface area contributed by atoms with Crippen molar-refractivity contribution in [1.82, 2.24) is 10.3 Å². The molecule has 4 heteroatoms. The molecule has 0 bridgehead atoms. The number of ether oxygens (including phenoxy) is 1. The Balaban J connectivity index is 2.57. The molecule has 1 atom stereocenters. The first kappa shape index (κ1) is 13.5. The zero-order chi connectivity index (χ0) is 13.1. The number of nitrogens with one attached hydrogen (secondary N) is 1. The third kappa shape index (κ3) is 4.85. The molecule has 1 amide bonds. The van der Waals surface area contributed by atoms with Crippen molar-refractivity contribution in [3.8, 4) is 0 Å². The van der Waals surface area contributed by atoms with Crippen molar-refractivity contribution >= 4 is 6.09 Å². The lowest BCUT2D eigenvalue weighted by molar-refractivity contribution is 0.0508. The maximum absolute atomic E-state index is 11.6. The number of carbonyl (C=O) groups excluding carboxylic acids is 1. The number of alkyl carbamates (subject to hydrolysis) is 1. The van der Waals surface area contributed by atoms with Crippen LogP contribution in [0.4, 0.5) is 4.79 Å². The van der Waals surface area contributed by atoms with Gasteiger partial charge < -0.3 is 10.1 Å². The Morgan fingerprint density at radius 2 is 2.06 bits per heavy atom. The van der Waals surface area contributed by atoms with E-state index in [0.717, 1.165) is 11.3 Å². The largest absolute Gasteiger partial charge is 0.444 e. The zero-order valence-corrected chi connectivity index (χ0v) is 11.1. The molecule has 1 aromatic heterocycles. The normalized spacial score (nSPS) is 13.0. The van der Waals surface area contributed by atoms with Crippen LogP contribution in [0, 0.1) is 6.92 Å². The van der Waals surface area contributed by atoms with Crippen LogP contribution in [0.1, 0.15) is 45.0 Å². The predicted molar refractivity (Wildman–Crippen MR) is 66.8 cm³/mol. The van der Waals surface area contributed by atoms with E-state index in [1.807, 2.05) is 46.8 Å². The van der Waals surface area contributed by atoms with Gasteiger partial charge in [-0.1, -0.05) is 6.07 Å².